The lowest BCUT2D eigenvalue weighted by Crippen LogP contribution is -2.12. The van der Waals surface area contributed by atoms with E-state index in [2.05, 4.69) is 0 Å². The maximum Gasteiger partial charge on any atom is 0.150 e. The second kappa shape index (κ2) is 4.24. The molecule has 3 nitrogen and oxygen atoms in total. The highest BCUT2D eigenvalue weighted by Gasteiger charge is 2.14. The molecule has 4 heteroatoms. The Morgan fingerprint density at radius 1 is 1.62 bits per heavy atom. The molecule has 0 spiro atoms. The molecule has 0 bridgehead atoms. The van der Waals surface area contributed by atoms with Gasteiger partial charge < -0.3 is 5.73 Å². The van der Waals surface area contributed by atoms with Crippen LogP contribution in [-0.2, 0) is 9.84 Å². The highest BCUT2D eigenvalue weighted by Crippen LogP contribution is 2.20. The molecule has 0 heterocycles. The smallest absolute Gasteiger partial charge is 0.150 e. The average Bonchev–Trinajstić information content (AvgIpc) is 2.48. The third-order valence-electron chi connectivity index (χ3n) is 2.42. The predicted octanol–water partition coefficient (Wildman–Crippen LogP) is 0.859. The first kappa shape index (κ1) is 10.7. The van der Waals surface area contributed by atoms with Crippen molar-refractivity contribution in [1.29, 1.82) is 0 Å². The Balaban J connectivity index is 2.40. The Bertz CT molecular complexity index is 293. The minimum absolute atomic E-state index is 0.152. The summed E-state index contributed by atoms with van der Waals surface area (Å²) in [6.45, 7) is 1.68. The van der Waals surface area contributed by atoms with Gasteiger partial charge >= 0.3 is 0 Å². The van der Waals surface area contributed by atoms with Crippen molar-refractivity contribution in [2.45, 2.75) is 32.2 Å². The van der Waals surface area contributed by atoms with Gasteiger partial charge in [0.1, 0.15) is 9.84 Å². The van der Waals surface area contributed by atoms with E-state index < -0.39 is 9.84 Å². The Morgan fingerprint density at radius 3 is 2.77 bits per heavy atom. The topological polar surface area (TPSA) is 60.2 Å². The van der Waals surface area contributed by atoms with E-state index in [1.54, 1.807) is 6.92 Å². The Hall–Kier alpha value is -0.350. The first-order valence-electron chi connectivity index (χ1n) is 4.69. The van der Waals surface area contributed by atoms with E-state index in [9.17, 15) is 8.42 Å². The van der Waals surface area contributed by atoms with Gasteiger partial charge in [0.15, 0.2) is 0 Å². The number of hydrogen-bond donors (Lipinski definition) is 1. The van der Waals surface area contributed by atoms with E-state index in [-0.39, 0.29) is 17.5 Å². The van der Waals surface area contributed by atoms with Gasteiger partial charge in [-0.2, -0.15) is 0 Å². The summed E-state index contributed by atoms with van der Waals surface area (Å²) in [6.07, 6.45) is 4.62. The van der Waals surface area contributed by atoms with Gasteiger partial charge in [0.05, 0.1) is 5.75 Å². The van der Waals surface area contributed by atoms with Gasteiger partial charge in [-0.15, -0.1) is 0 Å². The van der Waals surface area contributed by atoms with Crippen LogP contribution in [0.4, 0.5) is 0 Å². The van der Waals surface area contributed by atoms with Crippen LogP contribution in [0.3, 0.4) is 0 Å². The van der Waals surface area contributed by atoms with Crippen LogP contribution in [0.1, 0.15) is 26.2 Å². The Kier molecular flexibility index (Phi) is 3.50. The van der Waals surface area contributed by atoms with Crippen molar-refractivity contribution in [3.8, 4) is 0 Å². The highest BCUT2D eigenvalue weighted by atomic mass is 32.2. The molecule has 0 aromatic rings. The fraction of sp³-hybridized carbons (Fsp3) is 0.778. The molecule has 0 aromatic heterocycles. The van der Waals surface area contributed by atoms with Crippen molar-refractivity contribution >= 4 is 9.84 Å². The summed E-state index contributed by atoms with van der Waals surface area (Å²) in [5, 5.41) is 0. The number of allylic oxidation sites excluding steroid dienone is 1. The fourth-order valence-electron chi connectivity index (χ4n) is 1.46. The van der Waals surface area contributed by atoms with Crippen molar-refractivity contribution in [3.05, 3.63) is 11.6 Å². The van der Waals surface area contributed by atoms with E-state index in [1.807, 2.05) is 6.08 Å². The molecule has 2 N–H and O–H groups in total. The monoisotopic (exact) mass is 203 g/mol. The van der Waals surface area contributed by atoms with E-state index in [1.165, 1.54) is 5.57 Å². The molecule has 76 valence electrons. The fourth-order valence-corrected chi connectivity index (χ4v) is 2.32. The van der Waals surface area contributed by atoms with Gasteiger partial charge in [-0.05, 0) is 19.3 Å². The largest absolute Gasteiger partial charge is 0.324 e. The Labute approximate surface area is 79.9 Å². The van der Waals surface area contributed by atoms with E-state index in [4.69, 9.17) is 5.73 Å². The molecular formula is C9H17NO2S. The molecule has 1 rings (SSSR count). The minimum atomic E-state index is -2.81. The summed E-state index contributed by atoms with van der Waals surface area (Å²) < 4.78 is 22.4. The molecule has 13 heavy (non-hydrogen) atoms. The summed E-state index contributed by atoms with van der Waals surface area (Å²) in [7, 11) is -2.81. The second-order valence-electron chi connectivity index (χ2n) is 3.51. The molecule has 0 saturated carbocycles. The van der Waals surface area contributed by atoms with Crippen LogP contribution in [0, 0.1) is 0 Å². The molecule has 1 unspecified atom stereocenters. The van der Waals surface area contributed by atoms with E-state index in [0.29, 0.717) is 6.42 Å². The number of rotatable bonds is 4. The zero-order valence-electron chi connectivity index (χ0n) is 7.99. The van der Waals surface area contributed by atoms with Gasteiger partial charge in [-0.1, -0.05) is 18.6 Å². The molecule has 0 fully saturated rings. The molecule has 0 aromatic carbocycles. The first-order valence-corrected chi connectivity index (χ1v) is 6.51. The van der Waals surface area contributed by atoms with E-state index >= 15 is 0 Å². The molecule has 1 aliphatic rings. The van der Waals surface area contributed by atoms with Crippen LogP contribution in [-0.4, -0.2) is 26.0 Å². The average molecular weight is 203 g/mol. The SMILES string of the molecule is CCS(=O)(=O)CCC1=CC(N)CC1. The molecule has 1 aliphatic carbocycles. The van der Waals surface area contributed by atoms with Gasteiger partial charge in [-0.3, -0.25) is 0 Å². The van der Waals surface area contributed by atoms with Crippen molar-refractivity contribution in [2.75, 3.05) is 11.5 Å². The summed E-state index contributed by atoms with van der Waals surface area (Å²) in [5.74, 6) is 0.522. The number of hydrogen-bond acceptors (Lipinski definition) is 3. The van der Waals surface area contributed by atoms with Crippen LogP contribution >= 0.6 is 0 Å². The molecule has 0 saturated heterocycles. The standard InChI is InChI=1S/C9H17NO2S/c1-2-13(11,12)6-5-8-3-4-9(10)7-8/h7,9H,2-6,10H2,1H3. The quantitative estimate of drug-likeness (QED) is 0.689. The lowest BCUT2D eigenvalue weighted by Gasteiger charge is -2.01. The number of nitrogens with two attached hydrogens (primary N) is 1. The zero-order chi connectivity index (χ0) is 9.90. The maximum atomic E-state index is 11.2. The summed E-state index contributed by atoms with van der Waals surface area (Å²) in [6, 6.07) is 0.152. The second-order valence-corrected chi connectivity index (χ2v) is 5.99. The van der Waals surface area contributed by atoms with Gasteiger partial charge in [-0.25, -0.2) is 8.42 Å². The maximum absolute atomic E-state index is 11.2. The number of sulfone groups is 1. The summed E-state index contributed by atoms with van der Waals surface area (Å²) in [5.41, 5.74) is 6.88. The molecular weight excluding hydrogens is 186 g/mol. The van der Waals surface area contributed by atoms with Crippen molar-refractivity contribution in [1.82, 2.24) is 0 Å². The summed E-state index contributed by atoms with van der Waals surface area (Å²) >= 11 is 0. The lowest BCUT2D eigenvalue weighted by molar-refractivity contribution is 0.596. The molecule has 0 radical (unpaired) electrons. The van der Waals surface area contributed by atoms with Crippen molar-refractivity contribution < 1.29 is 8.42 Å². The van der Waals surface area contributed by atoms with Crippen molar-refractivity contribution in [2.24, 2.45) is 5.73 Å². The minimum Gasteiger partial charge on any atom is -0.324 e. The first-order chi connectivity index (χ1) is 6.03. The molecule has 0 aliphatic heterocycles. The third-order valence-corrected chi connectivity index (χ3v) is 4.13. The molecule has 0 amide bonds. The Morgan fingerprint density at radius 2 is 2.31 bits per heavy atom. The normalized spacial score (nSPS) is 23.2. The van der Waals surface area contributed by atoms with Gasteiger partial charge in [0, 0.05) is 11.8 Å². The third kappa shape index (κ3) is 3.48. The van der Waals surface area contributed by atoms with Crippen LogP contribution in [0.5, 0.6) is 0 Å². The lowest BCUT2D eigenvalue weighted by atomic mass is 10.2. The zero-order valence-corrected chi connectivity index (χ0v) is 8.81. The predicted molar refractivity (Wildman–Crippen MR) is 54.2 cm³/mol. The van der Waals surface area contributed by atoms with Crippen LogP contribution in [0.15, 0.2) is 11.6 Å². The highest BCUT2D eigenvalue weighted by molar-refractivity contribution is 7.91. The molecule has 1 atom stereocenters. The van der Waals surface area contributed by atoms with Crippen LogP contribution < -0.4 is 5.73 Å². The van der Waals surface area contributed by atoms with Gasteiger partial charge in [0.2, 0.25) is 0 Å². The summed E-state index contributed by atoms with van der Waals surface area (Å²) in [4.78, 5) is 0. The van der Waals surface area contributed by atoms with Crippen molar-refractivity contribution in [3.63, 3.8) is 0 Å². The van der Waals surface area contributed by atoms with Crippen LogP contribution in [0.2, 0.25) is 0 Å². The van der Waals surface area contributed by atoms with E-state index in [0.717, 1.165) is 12.8 Å². The van der Waals surface area contributed by atoms with Crippen LogP contribution in [0.25, 0.3) is 0 Å². The van der Waals surface area contributed by atoms with Gasteiger partial charge in [0.25, 0.3) is 0 Å².